The van der Waals surface area contributed by atoms with Crippen LogP contribution < -0.4 is 15.5 Å². The summed E-state index contributed by atoms with van der Waals surface area (Å²) in [5.41, 5.74) is 7.26. The number of nitrogens with one attached hydrogen (secondary N) is 2. The Morgan fingerprint density at radius 2 is 1.33 bits per heavy atom. The molecule has 0 saturated carbocycles. The van der Waals surface area contributed by atoms with Gasteiger partial charge in [0.2, 0.25) is 0 Å². The van der Waals surface area contributed by atoms with Crippen LogP contribution in [0.1, 0.15) is 55.9 Å². The number of amides is 2. The first kappa shape index (κ1) is 21.6. The van der Waals surface area contributed by atoms with Gasteiger partial charge in [0.1, 0.15) is 0 Å². The number of carbonyl (C=O) groups excluding carboxylic acids is 1. The van der Waals surface area contributed by atoms with Gasteiger partial charge in [0.15, 0.2) is 0 Å². The zero-order valence-corrected chi connectivity index (χ0v) is 19.8. The minimum Gasteiger partial charge on any atom is -0.371 e. The van der Waals surface area contributed by atoms with Crippen LogP contribution in [-0.4, -0.2) is 25.7 Å². The molecule has 3 aromatic carbocycles. The highest BCUT2D eigenvalue weighted by molar-refractivity contribution is 5.90. The Bertz CT molecular complexity index is 1080. The fourth-order valence-electron chi connectivity index (χ4n) is 5.76. The lowest BCUT2D eigenvalue weighted by Crippen LogP contribution is -2.47. The van der Waals surface area contributed by atoms with Gasteiger partial charge in [-0.15, -0.1) is 0 Å². The SMILES string of the molecule is CCNC(=O)Nc1cc2c3c(c1)C(C)(c1ccccc1)CCN3CCC2(C)c1ccccc1. The Balaban J connectivity index is 1.74. The van der Waals surface area contributed by atoms with E-state index in [4.69, 9.17) is 0 Å². The lowest BCUT2D eigenvalue weighted by atomic mass is 9.64. The van der Waals surface area contributed by atoms with Crippen LogP contribution in [0.2, 0.25) is 0 Å². The smallest absolute Gasteiger partial charge is 0.319 e. The van der Waals surface area contributed by atoms with E-state index in [-0.39, 0.29) is 16.9 Å². The molecule has 2 heterocycles. The van der Waals surface area contributed by atoms with Crippen molar-refractivity contribution in [3.8, 4) is 0 Å². The van der Waals surface area contributed by atoms with Crippen LogP contribution in [-0.2, 0) is 10.8 Å². The molecule has 2 aliphatic rings. The lowest BCUT2D eigenvalue weighted by Gasteiger charge is -2.50. The Morgan fingerprint density at radius 3 is 1.79 bits per heavy atom. The topological polar surface area (TPSA) is 44.4 Å². The van der Waals surface area contributed by atoms with Gasteiger partial charge >= 0.3 is 6.03 Å². The summed E-state index contributed by atoms with van der Waals surface area (Å²) in [5.74, 6) is 0. The molecule has 2 atom stereocenters. The molecule has 0 bridgehead atoms. The monoisotopic (exact) mass is 439 g/mol. The molecule has 4 nitrogen and oxygen atoms in total. The number of rotatable bonds is 4. The highest BCUT2D eigenvalue weighted by Crippen LogP contribution is 2.54. The van der Waals surface area contributed by atoms with Crippen molar-refractivity contribution >= 4 is 17.4 Å². The highest BCUT2D eigenvalue weighted by atomic mass is 16.2. The molecule has 2 aliphatic heterocycles. The standard InChI is InChI=1S/C29H33N3O/c1-4-30-27(33)31-23-19-24-26-25(20-23)29(3,22-13-9-6-10-14-22)16-18-32(26)17-15-28(24,2)21-11-7-5-8-12-21/h5-14,19-20H,4,15-18H2,1-3H3,(H2,30,31,33). The molecule has 0 aromatic heterocycles. The van der Waals surface area contributed by atoms with E-state index in [0.29, 0.717) is 6.54 Å². The Hall–Kier alpha value is -3.27. The number of nitrogens with zero attached hydrogens (tertiary/aromatic N) is 1. The molecule has 33 heavy (non-hydrogen) atoms. The summed E-state index contributed by atoms with van der Waals surface area (Å²) in [5, 5.41) is 6.00. The second-order valence-corrected chi connectivity index (χ2v) is 9.79. The summed E-state index contributed by atoms with van der Waals surface area (Å²) >= 11 is 0. The van der Waals surface area contributed by atoms with E-state index in [1.54, 1.807) is 0 Å². The maximum absolute atomic E-state index is 12.5. The van der Waals surface area contributed by atoms with Crippen molar-refractivity contribution in [1.29, 1.82) is 0 Å². The Morgan fingerprint density at radius 1 is 0.848 bits per heavy atom. The molecule has 0 fully saturated rings. The number of anilines is 2. The number of hydrogen-bond donors (Lipinski definition) is 2. The van der Waals surface area contributed by atoms with Crippen molar-refractivity contribution in [2.75, 3.05) is 29.9 Å². The maximum Gasteiger partial charge on any atom is 0.319 e. The fourth-order valence-corrected chi connectivity index (χ4v) is 5.76. The molecule has 0 saturated heterocycles. The molecule has 3 aromatic rings. The second kappa shape index (κ2) is 8.26. The van der Waals surface area contributed by atoms with Gasteiger partial charge in [-0.05, 0) is 54.2 Å². The van der Waals surface area contributed by atoms with Gasteiger partial charge in [-0.25, -0.2) is 4.79 Å². The van der Waals surface area contributed by atoms with Gasteiger partial charge in [-0.2, -0.15) is 0 Å². The molecule has 2 amide bonds. The zero-order chi connectivity index (χ0) is 23.1. The largest absolute Gasteiger partial charge is 0.371 e. The number of carbonyl (C=O) groups is 1. The van der Waals surface area contributed by atoms with E-state index in [9.17, 15) is 4.79 Å². The third kappa shape index (κ3) is 3.58. The van der Waals surface area contributed by atoms with Crippen LogP contribution in [0.4, 0.5) is 16.2 Å². The summed E-state index contributed by atoms with van der Waals surface area (Å²) < 4.78 is 0. The third-order valence-corrected chi connectivity index (χ3v) is 7.80. The molecule has 0 radical (unpaired) electrons. The zero-order valence-electron chi connectivity index (χ0n) is 19.8. The predicted molar refractivity (Wildman–Crippen MR) is 136 cm³/mol. The maximum atomic E-state index is 12.5. The molecule has 5 rings (SSSR count). The van der Waals surface area contributed by atoms with Crippen LogP contribution in [0.25, 0.3) is 0 Å². The van der Waals surface area contributed by atoms with E-state index >= 15 is 0 Å². The van der Waals surface area contributed by atoms with Gasteiger partial charge in [0, 0.05) is 41.8 Å². The van der Waals surface area contributed by atoms with Crippen LogP contribution in [0.3, 0.4) is 0 Å². The summed E-state index contributed by atoms with van der Waals surface area (Å²) in [6.45, 7) is 9.34. The van der Waals surface area contributed by atoms with E-state index in [0.717, 1.165) is 31.6 Å². The first-order valence-corrected chi connectivity index (χ1v) is 12.1. The summed E-state index contributed by atoms with van der Waals surface area (Å²) in [4.78, 5) is 15.1. The van der Waals surface area contributed by atoms with Crippen molar-refractivity contribution in [2.24, 2.45) is 0 Å². The van der Waals surface area contributed by atoms with Crippen molar-refractivity contribution in [3.63, 3.8) is 0 Å². The fraction of sp³-hybridized carbons (Fsp3) is 0.345. The summed E-state index contributed by atoms with van der Waals surface area (Å²) in [6.07, 6.45) is 2.10. The molecule has 2 N–H and O–H groups in total. The van der Waals surface area contributed by atoms with Crippen LogP contribution in [0, 0.1) is 0 Å². The summed E-state index contributed by atoms with van der Waals surface area (Å²) in [7, 11) is 0. The average molecular weight is 440 g/mol. The van der Waals surface area contributed by atoms with Crippen molar-refractivity contribution in [2.45, 2.75) is 44.4 Å². The minimum absolute atomic E-state index is 0.115. The number of urea groups is 1. The third-order valence-electron chi connectivity index (χ3n) is 7.80. The lowest BCUT2D eigenvalue weighted by molar-refractivity contribution is 0.252. The normalized spacial score (nSPS) is 23.5. The predicted octanol–water partition coefficient (Wildman–Crippen LogP) is 6.05. The van der Waals surface area contributed by atoms with Crippen molar-refractivity contribution in [1.82, 2.24) is 5.32 Å². The molecule has 0 aliphatic carbocycles. The van der Waals surface area contributed by atoms with Gasteiger partial charge in [-0.1, -0.05) is 74.5 Å². The highest BCUT2D eigenvalue weighted by Gasteiger charge is 2.44. The molecule has 2 unspecified atom stereocenters. The first-order chi connectivity index (χ1) is 16.0. The van der Waals surface area contributed by atoms with E-state index in [2.05, 4.69) is 102 Å². The van der Waals surface area contributed by atoms with E-state index in [1.165, 1.54) is 27.9 Å². The molecular weight excluding hydrogens is 406 g/mol. The van der Waals surface area contributed by atoms with Gasteiger partial charge in [-0.3, -0.25) is 0 Å². The van der Waals surface area contributed by atoms with Gasteiger partial charge < -0.3 is 15.5 Å². The first-order valence-electron chi connectivity index (χ1n) is 12.1. The minimum atomic E-state index is -0.157. The Kier molecular flexibility index (Phi) is 5.40. The van der Waals surface area contributed by atoms with Gasteiger partial charge in [0.25, 0.3) is 0 Å². The molecule has 170 valence electrons. The van der Waals surface area contributed by atoms with E-state index < -0.39 is 0 Å². The van der Waals surface area contributed by atoms with Crippen LogP contribution >= 0.6 is 0 Å². The average Bonchev–Trinajstić information content (AvgIpc) is 2.84. The van der Waals surface area contributed by atoms with E-state index in [1.807, 2.05) is 6.92 Å². The Labute approximate surface area is 197 Å². The number of hydrogen-bond acceptors (Lipinski definition) is 2. The van der Waals surface area contributed by atoms with Crippen LogP contribution in [0.15, 0.2) is 72.8 Å². The van der Waals surface area contributed by atoms with Gasteiger partial charge in [0.05, 0.1) is 0 Å². The van der Waals surface area contributed by atoms with Crippen molar-refractivity contribution < 1.29 is 4.79 Å². The van der Waals surface area contributed by atoms with Crippen molar-refractivity contribution in [3.05, 3.63) is 95.1 Å². The quantitative estimate of drug-likeness (QED) is 0.519. The number of benzene rings is 3. The second-order valence-electron chi connectivity index (χ2n) is 9.79. The molecule has 4 heteroatoms. The molecule has 0 spiro atoms. The molecular formula is C29H33N3O. The van der Waals surface area contributed by atoms with Crippen LogP contribution in [0.5, 0.6) is 0 Å². The summed E-state index contributed by atoms with van der Waals surface area (Å²) in [6, 6.07) is 25.9.